The lowest BCUT2D eigenvalue weighted by molar-refractivity contribution is 0.301. The Hall–Kier alpha value is -1.09. The van der Waals surface area contributed by atoms with Crippen LogP contribution in [0.3, 0.4) is 0 Å². The molecule has 0 amide bonds. The SMILES string of the molecule is CCCNCCC(C)(C)CCc1ccc(OC)cc1F. The Morgan fingerprint density at radius 2 is 1.95 bits per heavy atom. The molecule has 3 heteroatoms. The van der Waals surface area contributed by atoms with Crippen LogP contribution in [0.15, 0.2) is 18.2 Å². The van der Waals surface area contributed by atoms with Crippen molar-refractivity contribution in [2.45, 2.75) is 46.5 Å². The number of methoxy groups -OCH3 is 1. The maximum absolute atomic E-state index is 13.9. The van der Waals surface area contributed by atoms with Gasteiger partial charge in [0.25, 0.3) is 0 Å². The summed E-state index contributed by atoms with van der Waals surface area (Å²) in [6, 6.07) is 5.12. The fourth-order valence-corrected chi connectivity index (χ4v) is 2.18. The molecule has 0 saturated heterocycles. The number of hydrogen-bond donors (Lipinski definition) is 1. The molecule has 2 nitrogen and oxygen atoms in total. The van der Waals surface area contributed by atoms with E-state index in [1.54, 1.807) is 7.11 Å². The molecule has 0 aromatic heterocycles. The van der Waals surface area contributed by atoms with Gasteiger partial charge in [-0.1, -0.05) is 26.8 Å². The number of benzene rings is 1. The van der Waals surface area contributed by atoms with E-state index < -0.39 is 0 Å². The third kappa shape index (κ3) is 5.91. The highest BCUT2D eigenvalue weighted by molar-refractivity contribution is 5.29. The molecular formula is C17H28FNO. The summed E-state index contributed by atoms with van der Waals surface area (Å²) in [7, 11) is 1.56. The number of halogens is 1. The summed E-state index contributed by atoms with van der Waals surface area (Å²) in [5, 5.41) is 3.43. The van der Waals surface area contributed by atoms with Crippen LogP contribution in [0.1, 0.15) is 45.6 Å². The fourth-order valence-electron chi connectivity index (χ4n) is 2.18. The molecule has 1 N–H and O–H groups in total. The molecule has 114 valence electrons. The van der Waals surface area contributed by atoms with Crippen LogP contribution in [0.2, 0.25) is 0 Å². The van der Waals surface area contributed by atoms with Crippen LogP contribution in [0.4, 0.5) is 4.39 Å². The molecule has 0 atom stereocenters. The number of nitrogens with one attached hydrogen (secondary N) is 1. The Morgan fingerprint density at radius 3 is 2.55 bits per heavy atom. The molecule has 0 radical (unpaired) electrons. The number of hydrogen-bond acceptors (Lipinski definition) is 2. The summed E-state index contributed by atoms with van der Waals surface area (Å²) < 4.78 is 18.9. The molecule has 0 aliphatic carbocycles. The molecule has 20 heavy (non-hydrogen) atoms. The van der Waals surface area contributed by atoms with Gasteiger partial charge in [0.1, 0.15) is 11.6 Å². The second-order valence-electron chi connectivity index (χ2n) is 6.12. The zero-order chi connectivity index (χ0) is 15.0. The van der Waals surface area contributed by atoms with Crippen LogP contribution >= 0.6 is 0 Å². The minimum absolute atomic E-state index is 0.163. The second-order valence-corrected chi connectivity index (χ2v) is 6.12. The van der Waals surface area contributed by atoms with Crippen molar-refractivity contribution in [3.05, 3.63) is 29.6 Å². The highest BCUT2D eigenvalue weighted by Crippen LogP contribution is 2.28. The van der Waals surface area contributed by atoms with Gasteiger partial charge in [0, 0.05) is 6.07 Å². The average molecular weight is 281 g/mol. The van der Waals surface area contributed by atoms with E-state index in [-0.39, 0.29) is 11.2 Å². The molecule has 0 heterocycles. The Labute approximate surface area is 122 Å². The van der Waals surface area contributed by atoms with Crippen LogP contribution < -0.4 is 10.1 Å². The first-order valence-electron chi connectivity index (χ1n) is 7.51. The summed E-state index contributed by atoms with van der Waals surface area (Å²) >= 11 is 0. The van der Waals surface area contributed by atoms with Crippen molar-refractivity contribution in [3.63, 3.8) is 0 Å². The molecule has 1 aromatic carbocycles. The van der Waals surface area contributed by atoms with E-state index in [4.69, 9.17) is 4.74 Å². The standard InChI is InChI=1S/C17H28FNO/c1-5-11-19-12-10-17(2,3)9-8-14-6-7-15(20-4)13-16(14)18/h6-7,13,19H,5,8-12H2,1-4H3. The van der Waals surface area contributed by atoms with Crippen LogP contribution in [-0.2, 0) is 6.42 Å². The lowest BCUT2D eigenvalue weighted by Gasteiger charge is -2.25. The first-order chi connectivity index (χ1) is 9.48. The molecule has 1 rings (SSSR count). The third-order valence-corrected chi connectivity index (χ3v) is 3.74. The van der Waals surface area contributed by atoms with Crippen molar-refractivity contribution in [3.8, 4) is 5.75 Å². The summed E-state index contributed by atoms with van der Waals surface area (Å²) in [5.41, 5.74) is 1.01. The monoisotopic (exact) mass is 281 g/mol. The van der Waals surface area contributed by atoms with Crippen molar-refractivity contribution >= 4 is 0 Å². The van der Waals surface area contributed by atoms with E-state index in [0.29, 0.717) is 5.75 Å². The topological polar surface area (TPSA) is 21.3 Å². The Morgan fingerprint density at radius 1 is 1.20 bits per heavy atom. The summed E-state index contributed by atoms with van der Waals surface area (Å²) in [4.78, 5) is 0. The highest BCUT2D eigenvalue weighted by Gasteiger charge is 2.18. The van der Waals surface area contributed by atoms with Crippen LogP contribution in [-0.4, -0.2) is 20.2 Å². The van der Waals surface area contributed by atoms with E-state index in [0.717, 1.165) is 44.3 Å². The van der Waals surface area contributed by atoms with Gasteiger partial charge in [-0.15, -0.1) is 0 Å². The van der Waals surface area contributed by atoms with Gasteiger partial charge in [0.2, 0.25) is 0 Å². The first kappa shape index (κ1) is 17.0. The smallest absolute Gasteiger partial charge is 0.130 e. The normalized spacial score (nSPS) is 11.7. The Balaban J connectivity index is 2.44. The van der Waals surface area contributed by atoms with Crippen molar-refractivity contribution in [1.82, 2.24) is 5.32 Å². The van der Waals surface area contributed by atoms with Gasteiger partial charge < -0.3 is 10.1 Å². The summed E-state index contributed by atoms with van der Waals surface area (Å²) in [5.74, 6) is 0.415. The molecule has 0 saturated carbocycles. The lowest BCUT2D eigenvalue weighted by atomic mass is 9.83. The van der Waals surface area contributed by atoms with E-state index in [1.807, 2.05) is 12.1 Å². The van der Waals surface area contributed by atoms with E-state index in [9.17, 15) is 4.39 Å². The maximum atomic E-state index is 13.9. The van der Waals surface area contributed by atoms with Crippen LogP contribution in [0.5, 0.6) is 5.75 Å². The highest BCUT2D eigenvalue weighted by atomic mass is 19.1. The van der Waals surface area contributed by atoms with Gasteiger partial charge in [0.05, 0.1) is 7.11 Å². The van der Waals surface area contributed by atoms with Crippen molar-refractivity contribution in [2.75, 3.05) is 20.2 Å². The molecule has 0 fully saturated rings. The Kier molecular flexibility index (Phi) is 7.00. The molecule has 1 aromatic rings. The minimum atomic E-state index is -0.163. The molecule has 0 unspecified atom stereocenters. The predicted molar refractivity (Wildman–Crippen MR) is 82.8 cm³/mol. The predicted octanol–water partition coefficient (Wildman–Crippen LogP) is 4.18. The molecule has 0 bridgehead atoms. The van der Waals surface area contributed by atoms with Crippen LogP contribution in [0, 0.1) is 11.2 Å². The second kappa shape index (κ2) is 8.25. The van der Waals surface area contributed by atoms with Gasteiger partial charge in [0.15, 0.2) is 0 Å². The minimum Gasteiger partial charge on any atom is -0.497 e. The quantitative estimate of drug-likeness (QED) is 0.686. The number of ether oxygens (including phenoxy) is 1. The fraction of sp³-hybridized carbons (Fsp3) is 0.647. The van der Waals surface area contributed by atoms with Gasteiger partial charge in [-0.3, -0.25) is 0 Å². The molecule has 0 aliphatic heterocycles. The van der Waals surface area contributed by atoms with Gasteiger partial charge in [-0.2, -0.15) is 0 Å². The molecular weight excluding hydrogens is 253 g/mol. The largest absolute Gasteiger partial charge is 0.497 e. The summed E-state index contributed by atoms with van der Waals surface area (Å²) in [6.07, 6.45) is 4.04. The van der Waals surface area contributed by atoms with Gasteiger partial charge >= 0.3 is 0 Å². The van der Waals surface area contributed by atoms with E-state index >= 15 is 0 Å². The van der Waals surface area contributed by atoms with Crippen molar-refractivity contribution in [2.24, 2.45) is 5.41 Å². The summed E-state index contributed by atoms with van der Waals surface area (Å²) in [6.45, 7) is 8.78. The van der Waals surface area contributed by atoms with Gasteiger partial charge in [-0.25, -0.2) is 4.39 Å². The Bertz CT molecular complexity index is 404. The molecule has 0 aliphatic rings. The van der Waals surface area contributed by atoms with E-state index in [1.165, 1.54) is 6.07 Å². The van der Waals surface area contributed by atoms with Crippen LogP contribution in [0.25, 0.3) is 0 Å². The first-order valence-corrected chi connectivity index (χ1v) is 7.51. The maximum Gasteiger partial charge on any atom is 0.130 e. The number of rotatable bonds is 9. The molecule has 0 spiro atoms. The lowest BCUT2D eigenvalue weighted by Crippen LogP contribution is -2.23. The van der Waals surface area contributed by atoms with Crippen molar-refractivity contribution in [1.29, 1.82) is 0 Å². The average Bonchev–Trinajstić information content (AvgIpc) is 2.42. The number of aryl methyl sites for hydroxylation is 1. The van der Waals surface area contributed by atoms with E-state index in [2.05, 4.69) is 26.1 Å². The van der Waals surface area contributed by atoms with Crippen molar-refractivity contribution < 1.29 is 9.13 Å². The zero-order valence-electron chi connectivity index (χ0n) is 13.3. The third-order valence-electron chi connectivity index (χ3n) is 3.74. The zero-order valence-corrected chi connectivity index (χ0v) is 13.3. The van der Waals surface area contributed by atoms with Gasteiger partial charge in [-0.05, 0) is 55.8 Å².